The van der Waals surface area contributed by atoms with Crippen molar-refractivity contribution in [1.29, 1.82) is 0 Å². The summed E-state index contributed by atoms with van der Waals surface area (Å²) in [5.74, 6) is 0.00936. The molecule has 0 aromatic heterocycles. The van der Waals surface area contributed by atoms with E-state index in [1.807, 2.05) is 0 Å². The molecule has 0 bridgehead atoms. The van der Waals surface area contributed by atoms with E-state index in [0.29, 0.717) is 13.2 Å². The molecule has 0 radical (unpaired) electrons. The molecule has 0 saturated heterocycles. The molecular weight excluding hydrogens is 232 g/mol. The van der Waals surface area contributed by atoms with Crippen LogP contribution in [0.4, 0.5) is 0 Å². The van der Waals surface area contributed by atoms with Crippen LogP contribution in [0.5, 0.6) is 0 Å². The molecule has 1 amide bonds. The Morgan fingerprint density at radius 1 is 1.33 bits per heavy atom. The first kappa shape index (κ1) is 15.4. The quantitative estimate of drug-likeness (QED) is 0.687. The molecular formula is C13H26N2O3. The fourth-order valence-electron chi connectivity index (χ4n) is 2.40. The van der Waals surface area contributed by atoms with Crippen LogP contribution >= 0.6 is 0 Å². The maximum atomic E-state index is 12.1. The summed E-state index contributed by atoms with van der Waals surface area (Å²) >= 11 is 0. The maximum absolute atomic E-state index is 12.1. The molecule has 0 aromatic carbocycles. The van der Waals surface area contributed by atoms with E-state index in [9.17, 15) is 4.79 Å². The van der Waals surface area contributed by atoms with Gasteiger partial charge in [-0.2, -0.15) is 0 Å². The Hall–Kier alpha value is -0.650. The van der Waals surface area contributed by atoms with Gasteiger partial charge in [0, 0.05) is 26.8 Å². The average Bonchev–Trinajstić information content (AvgIpc) is 2.58. The normalized spacial score (nSPS) is 26.4. The topological polar surface area (TPSA) is 73.6 Å². The SMILES string of the molecule is COCC(CNC(=O)C1CCCCCC1N)OC. The van der Waals surface area contributed by atoms with Gasteiger partial charge < -0.3 is 20.5 Å². The zero-order valence-corrected chi connectivity index (χ0v) is 11.5. The molecule has 106 valence electrons. The smallest absolute Gasteiger partial charge is 0.224 e. The van der Waals surface area contributed by atoms with Crippen LogP contribution in [0.15, 0.2) is 0 Å². The lowest BCUT2D eigenvalue weighted by Crippen LogP contribution is -2.44. The first-order chi connectivity index (χ1) is 8.69. The number of rotatable bonds is 6. The van der Waals surface area contributed by atoms with Crippen molar-refractivity contribution < 1.29 is 14.3 Å². The van der Waals surface area contributed by atoms with Crippen molar-refractivity contribution in [2.45, 2.75) is 44.2 Å². The van der Waals surface area contributed by atoms with Gasteiger partial charge in [0.05, 0.1) is 18.6 Å². The molecule has 5 nitrogen and oxygen atoms in total. The van der Waals surface area contributed by atoms with Gasteiger partial charge in [-0.05, 0) is 12.8 Å². The van der Waals surface area contributed by atoms with E-state index < -0.39 is 0 Å². The highest BCUT2D eigenvalue weighted by Crippen LogP contribution is 2.22. The second-order valence-electron chi connectivity index (χ2n) is 4.97. The standard InChI is InChI=1S/C13H26N2O3/c1-17-9-10(18-2)8-15-13(16)11-6-4-3-5-7-12(11)14/h10-12H,3-9,14H2,1-2H3,(H,15,16). The molecule has 0 heterocycles. The zero-order valence-electron chi connectivity index (χ0n) is 11.5. The van der Waals surface area contributed by atoms with Gasteiger partial charge in [0.15, 0.2) is 0 Å². The van der Waals surface area contributed by atoms with E-state index >= 15 is 0 Å². The lowest BCUT2D eigenvalue weighted by atomic mass is 9.94. The zero-order chi connectivity index (χ0) is 13.4. The van der Waals surface area contributed by atoms with Gasteiger partial charge in [0.1, 0.15) is 0 Å². The van der Waals surface area contributed by atoms with Crippen LogP contribution in [0.1, 0.15) is 32.1 Å². The van der Waals surface area contributed by atoms with E-state index in [2.05, 4.69) is 5.32 Å². The van der Waals surface area contributed by atoms with Crippen molar-refractivity contribution in [2.75, 3.05) is 27.4 Å². The van der Waals surface area contributed by atoms with Crippen LogP contribution in [0.3, 0.4) is 0 Å². The number of carbonyl (C=O) groups is 1. The lowest BCUT2D eigenvalue weighted by Gasteiger charge is -2.22. The van der Waals surface area contributed by atoms with Gasteiger partial charge in [0.25, 0.3) is 0 Å². The first-order valence-corrected chi connectivity index (χ1v) is 6.74. The highest BCUT2D eigenvalue weighted by molar-refractivity contribution is 5.79. The summed E-state index contributed by atoms with van der Waals surface area (Å²) in [6.07, 6.45) is 5.16. The van der Waals surface area contributed by atoms with Crippen LogP contribution in [0.25, 0.3) is 0 Å². The number of nitrogens with two attached hydrogens (primary N) is 1. The minimum absolute atomic E-state index is 0.00378. The molecule has 0 aliphatic heterocycles. The Kier molecular flexibility index (Phi) is 7.23. The van der Waals surface area contributed by atoms with Gasteiger partial charge in [-0.15, -0.1) is 0 Å². The van der Waals surface area contributed by atoms with Crippen molar-refractivity contribution in [3.63, 3.8) is 0 Å². The number of nitrogens with one attached hydrogen (secondary N) is 1. The first-order valence-electron chi connectivity index (χ1n) is 6.74. The summed E-state index contributed by atoms with van der Waals surface area (Å²) in [4.78, 5) is 12.1. The molecule has 3 unspecified atom stereocenters. The van der Waals surface area contributed by atoms with Crippen molar-refractivity contribution >= 4 is 5.91 Å². The molecule has 5 heteroatoms. The summed E-state index contributed by atoms with van der Waals surface area (Å²) in [6, 6.07) is -0.00378. The Labute approximate surface area is 109 Å². The van der Waals surface area contributed by atoms with E-state index in [4.69, 9.17) is 15.2 Å². The van der Waals surface area contributed by atoms with Crippen LogP contribution in [-0.4, -0.2) is 45.4 Å². The minimum Gasteiger partial charge on any atom is -0.382 e. The monoisotopic (exact) mass is 258 g/mol. The van der Waals surface area contributed by atoms with Crippen molar-refractivity contribution in [1.82, 2.24) is 5.32 Å². The predicted octanol–water partition coefficient (Wildman–Crippen LogP) is 0.672. The minimum atomic E-state index is -0.0963. The third-order valence-corrected chi connectivity index (χ3v) is 3.60. The van der Waals surface area contributed by atoms with Crippen LogP contribution in [0.2, 0.25) is 0 Å². The Bertz CT molecular complexity index is 248. The van der Waals surface area contributed by atoms with E-state index in [-0.39, 0.29) is 24.0 Å². The molecule has 3 N–H and O–H groups in total. The summed E-state index contributed by atoms with van der Waals surface area (Å²) in [6.45, 7) is 0.958. The maximum Gasteiger partial charge on any atom is 0.224 e. The number of ether oxygens (including phenoxy) is 2. The van der Waals surface area contributed by atoms with E-state index in [1.54, 1.807) is 14.2 Å². The summed E-state index contributed by atoms with van der Waals surface area (Å²) < 4.78 is 10.2. The van der Waals surface area contributed by atoms with E-state index in [0.717, 1.165) is 25.7 Å². The molecule has 1 saturated carbocycles. The van der Waals surface area contributed by atoms with Gasteiger partial charge >= 0.3 is 0 Å². The highest BCUT2D eigenvalue weighted by atomic mass is 16.5. The van der Waals surface area contributed by atoms with Crippen molar-refractivity contribution in [2.24, 2.45) is 11.7 Å². The van der Waals surface area contributed by atoms with E-state index in [1.165, 1.54) is 6.42 Å². The molecule has 1 aliphatic carbocycles. The molecule has 0 aromatic rings. The average molecular weight is 258 g/mol. The highest BCUT2D eigenvalue weighted by Gasteiger charge is 2.27. The molecule has 3 atom stereocenters. The Morgan fingerprint density at radius 3 is 2.72 bits per heavy atom. The van der Waals surface area contributed by atoms with Crippen LogP contribution in [-0.2, 0) is 14.3 Å². The molecule has 0 spiro atoms. The number of hydrogen-bond donors (Lipinski definition) is 2. The number of carbonyl (C=O) groups excluding carboxylic acids is 1. The summed E-state index contributed by atoms with van der Waals surface area (Å²) in [5, 5.41) is 2.92. The fourth-order valence-corrected chi connectivity index (χ4v) is 2.40. The second kappa shape index (κ2) is 8.45. The molecule has 1 aliphatic rings. The van der Waals surface area contributed by atoms with Gasteiger partial charge in [0.2, 0.25) is 5.91 Å². The van der Waals surface area contributed by atoms with Crippen LogP contribution in [0, 0.1) is 5.92 Å². The summed E-state index contributed by atoms with van der Waals surface area (Å²) in [5.41, 5.74) is 6.06. The largest absolute Gasteiger partial charge is 0.382 e. The summed E-state index contributed by atoms with van der Waals surface area (Å²) in [7, 11) is 3.24. The number of methoxy groups -OCH3 is 2. The van der Waals surface area contributed by atoms with Gasteiger partial charge in [-0.1, -0.05) is 19.3 Å². The Morgan fingerprint density at radius 2 is 2.06 bits per heavy atom. The second-order valence-corrected chi connectivity index (χ2v) is 4.97. The predicted molar refractivity (Wildman–Crippen MR) is 70.2 cm³/mol. The van der Waals surface area contributed by atoms with Crippen molar-refractivity contribution in [3.05, 3.63) is 0 Å². The lowest BCUT2D eigenvalue weighted by molar-refractivity contribution is -0.126. The number of amides is 1. The third kappa shape index (κ3) is 4.92. The van der Waals surface area contributed by atoms with Gasteiger partial charge in [-0.3, -0.25) is 4.79 Å². The Balaban J connectivity index is 2.38. The van der Waals surface area contributed by atoms with Crippen LogP contribution < -0.4 is 11.1 Å². The van der Waals surface area contributed by atoms with Crippen molar-refractivity contribution in [3.8, 4) is 0 Å². The molecule has 1 rings (SSSR count). The van der Waals surface area contributed by atoms with Gasteiger partial charge in [-0.25, -0.2) is 0 Å². The number of hydrogen-bond acceptors (Lipinski definition) is 4. The molecule has 18 heavy (non-hydrogen) atoms. The third-order valence-electron chi connectivity index (χ3n) is 3.60. The molecule has 1 fully saturated rings. The fraction of sp³-hybridized carbons (Fsp3) is 0.923.